The second-order valence-electron chi connectivity index (χ2n) is 4.49. The number of nitrogens with zero attached hydrogens (tertiary/aromatic N) is 3. The first-order valence-electron chi connectivity index (χ1n) is 6.24. The number of aryl methyl sites for hydroxylation is 2. The lowest BCUT2D eigenvalue weighted by Crippen LogP contribution is -2.23. The summed E-state index contributed by atoms with van der Waals surface area (Å²) < 4.78 is 1.96. The van der Waals surface area contributed by atoms with Crippen LogP contribution in [0.1, 0.15) is 34.8 Å². The standard InChI is InChI=1S/C13H20N4S/c1-5-15-12(6-11-7-14-8-18-11)13-9(2)16-17(4)10(13)3/h7-8,12,15H,5-6H2,1-4H3. The van der Waals surface area contributed by atoms with Gasteiger partial charge in [0.25, 0.3) is 0 Å². The zero-order valence-electron chi connectivity index (χ0n) is 11.4. The SMILES string of the molecule is CCNC(Cc1cncs1)c1c(C)nn(C)c1C. The van der Waals surface area contributed by atoms with Crippen molar-refractivity contribution in [2.24, 2.45) is 7.05 Å². The highest BCUT2D eigenvalue weighted by Gasteiger charge is 2.20. The summed E-state index contributed by atoms with van der Waals surface area (Å²) in [5.74, 6) is 0. The molecule has 98 valence electrons. The van der Waals surface area contributed by atoms with E-state index in [9.17, 15) is 0 Å². The molecule has 2 aromatic rings. The summed E-state index contributed by atoms with van der Waals surface area (Å²) in [6.07, 6.45) is 2.93. The van der Waals surface area contributed by atoms with Crippen LogP contribution in [0.2, 0.25) is 0 Å². The van der Waals surface area contributed by atoms with Crippen molar-refractivity contribution in [2.45, 2.75) is 33.2 Å². The molecule has 0 aromatic carbocycles. The summed E-state index contributed by atoms with van der Waals surface area (Å²) in [5, 5.41) is 8.07. The first-order chi connectivity index (χ1) is 8.63. The number of thiazole rings is 1. The van der Waals surface area contributed by atoms with Crippen LogP contribution >= 0.6 is 11.3 Å². The molecule has 0 aliphatic carbocycles. The van der Waals surface area contributed by atoms with Gasteiger partial charge in [0.1, 0.15) is 0 Å². The Kier molecular flexibility index (Phi) is 4.14. The number of rotatable bonds is 5. The molecule has 0 aliphatic rings. The van der Waals surface area contributed by atoms with Crippen LogP contribution in [0.25, 0.3) is 0 Å². The van der Waals surface area contributed by atoms with Crippen molar-refractivity contribution < 1.29 is 0 Å². The molecule has 18 heavy (non-hydrogen) atoms. The molecule has 1 unspecified atom stereocenters. The van der Waals surface area contributed by atoms with E-state index in [1.807, 2.05) is 23.4 Å². The number of nitrogens with one attached hydrogen (secondary N) is 1. The van der Waals surface area contributed by atoms with Crippen LogP contribution in [-0.4, -0.2) is 21.3 Å². The van der Waals surface area contributed by atoms with Crippen molar-refractivity contribution in [3.8, 4) is 0 Å². The molecule has 1 N–H and O–H groups in total. The topological polar surface area (TPSA) is 42.7 Å². The third-order valence-corrected chi connectivity index (χ3v) is 4.05. The van der Waals surface area contributed by atoms with Gasteiger partial charge in [-0.2, -0.15) is 5.10 Å². The summed E-state index contributed by atoms with van der Waals surface area (Å²) >= 11 is 1.71. The fraction of sp³-hybridized carbons (Fsp3) is 0.538. The average molecular weight is 264 g/mol. The van der Waals surface area contributed by atoms with E-state index in [1.165, 1.54) is 16.1 Å². The lowest BCUT2D eigenvalue weighted by Gasteiger charge is -2.18. The maximum absolute atomic E-state index is 4.51. The van der Waals surface area contributed by atoms with Gasteiger partial charge in [0.2, 0.25) is 0 Å². The predicted molar refractivity (Wildman–Crippen MR) is 74.9 cm³/mol. The Hall–Kier alpha value is -1.20. The van der Waals surface area contributed by atoms with Gasteiger partial charge in [-0.1, -0.05) is 6.92 Å². The maximum Gasteiger partial charge on any atom is 0.0794 e. The zero-order chi connectivity index (χ0) is 13.1. The molecular weight excluding hydrogens is 244 g/mol. The largest absolute Gasteiger partial charge is 0.310 e. The molecule has 5 heteroatoms. The van der Waals surface area contributed by atoms with Crippen molar-refractivity contribution in [2.75, 3.05) is 6.54 Å². The lowest BCUT2D eigenvalue weighted by atomic mass is 10.0. The Morgan fingerprint density at radius 1 is 1.44 bits per heavy atom. The number of hydrogen-bond donors (Lipinski definition) is 1. The van der Waals surface area contributed by atoms with Gasteiger partial charge < -0.3 is 5.32 Å². The van der Waals surface area contributed by atoms with E-state index in [-0.39, 0.29) is 0 Å². The van der Waals surface area contributed by atoms with E-state index in [4.69, 9.17) is 0 Å². The number of aromatic nitrogens is 3. The zero-order valence-corrected chi connectivity index (χ0v) is 12.2. The molecule has 2 aromatic heterocycles. The molecule has 0 saturated heterocycles. The van der Waals surface area contributed by atoms with E-state index < -0.39 is 0 Å². The Bertz CT molecular complexity index is 501. The molecular formula is C13H20N4S. The smallest absolute Gasteiger partial charge is 0.0794 e. The van der Waals surface area contributed by atoms with Gasteiger partial charge in [0, 0.05) is 41.8 Å². The van der Waals surface area contributed by atoms with Gasteiger partial charge in [0.05, 0.1) is 11.2 Å². The van der Waals surface area contributed by atoms with Crippen molar-refractivity contribution in [3.05, 3.63) is 33.5 Å². The molecule has 1 atom stereocenters. The van der Waals surface area contributed by atoms with Crippen LogP contribution < -0.4 is 5.32 Å². The first kappa shape index (κ1) is 13.2. The van der Waals surface area contributed by atoms with Gasteiger partial charge in [-0.15, -0.1) is 11.3 Å². The molecule has 0 radical (unpaired) electrons. The molecule has 0 saturated carbocycles. The summed E-state index contributed by atoms with van der Waals surface area (Å²) in [6.45, 7) is 7.31. The molecule has 4 nitrogen and oxygen atoms in total. The fourth-order valence-corrected chi connectivity index (χ4v) is 3.00. The highest BCUT2D eigenvalue weighted by atomic mass is 32.1. The second kappa shape index (κ2) is 5.63. The van der Waals surface area contributed by atoms with E-state index in [2.05, 4.69) is 36.2 Å². The lowest BCUT2D eigenvalue weighted by molar-refractivity contribution is 0.547. The van der Waals surface area contributed by atoms with Gasteiger partial charge in [-0.3, -0.25) is 9.67 Å². The van der Waals surface area contributed by atoms with Crippen LogP contribution in [0.3, 0.4) is 0 Å². The summed E-state index contributed by atoms with van der Waals surface area (Å²) in [6, 6.07) is 0.323. The molecule has 0 aliphatic heterocycles. The summed E-state index contributed by atoms with van der Waals surface area (Å²) in [4.78, 5) is 5.46. The highest BCUT2D eigenvalue weighted by molar-refractivity contribution is 7.09. The Labute approximate surface area is 112 Å². The second-order valence-corrected chi connectivity index (χ2v) is 5.46. The van der Waals surface area contributed by atoms with Crippen LogP contribution in [-0.2, 0) is 13.5 Å². The van der Waals surface area contributed by atoms with E-state index in [0.717, 1.165) is 18.7 Å². The number of hydrogen-bond acceptors (Lipinski definition) is 4. The summed E-state index contributed by atoms with van der Waals surface area (Å²) in [5.41, 5.74) is 5.57. The molecule has 0 bridgehead atoms. The van der Waals surface area contributed by atoms with Crippen LogP contribution in [0.15, 0.2) is 11.7 Å². The number of likely N-dealkylation sites (N-methyl/N-ethyl adjacent to an activating group) is 1. The maximum atomic E-state index is 4.51. The van der Waals surface area contributed by atoms with E-state index >= 15 is 0 Å². The monoisotopic (exact) mass is 264 g/mol. The Morgan fingerprint density at radius 2 is 2.22 bits per heavy atom. The normalized spacial score (nSPS) is 12.9. The Balaban J connectivity index is 2.29. The molecule has 2 heterocycles. The average Bonchev–Trinajstić information content (AvgIpc) is 2.89. The minimum atomic E-state index is 0.323. The minimum Gasteiger partial charge on any atom is -0.310 e. The third-order valence-electron chi connectivity index (χ3n) is 3.25. The van der Waals surface area contributed by atoms with E-state index in [1.54, 1.807) is 11.3 Å². The first-order valence-corrected chi connectivity index (χ1v) is 7.12. The Morgan fingerprint density at radius 3 is 2.72 bits per heavy atom. The predicted octanol–water partition coefficient (Wildman–Crippen LogP) is 2.39. The molecule has 0 amide bonds. The van der Waals surface area contributed by atoms with E-state index in [0.29, 0.717) is 6.04 Å². The highest BCUT2D eigenvalue weighted by Crippen LogP contribution is 2.25. The molecule has 0 spiro atoms. The van der Waals surface area contributed by atoms with Crippen LogP contribution in [0.5, 0.6) is 0 Å². The van der Waals surface area contributed by atoms with Gasteiger partial charge in [-0.25, -0.2) is 0 Å². The van der Waals surface area contributed by atoms with Crippen molar-refractivity contribution in [3.63, 3.8) is 0 Å². The summed E-state index contributed by atoms with van der Waals surface area (Å²) in [7, 11) is 2.00. The molecule has 2 rings (SSSR count). The van der Waals surface area contributed by atoms with Crippen LogP contribution in [0, 0.1) is 13.8 Å². The third kappa shape index (κ3) is 2.62. The quantitative estimate of drug-likeness (QED) is 0.901. The fourth-order valence-electron chi connectivity index (χ4n) is 2.36. The van der Waals surface area contributed by atoms with Gasteiger partial charge >= 0.3 is 0 Å². The van der Waals surface area contributed by atoms with Crippen LogP contribution in [0.4, 0.5) is 0 Å². The van der Waals surface area contributed by atoms with Gasteiger partial charge in [-0.05, 0) is 20.4 Å². The van der Waals surface area contributed by atoms with Crippen molar-refractivity contribution in [1.82, 2.24) is 20.1 Å². The van der Waals surface area contributed by atoms with Crippen molar-refractivity contribution in [1.29, 1.82) is 0 Å². The minimum absolute atomic E-state index is 0.323. The molecule has 0 fully saturated rings. The van der Waals surface area contributed by atoms with Gasteiger partial charge in [0.15, 0.2) is 0 Å². The van der Waals surface area contributed by atoms with Crippen molar-refractivity contribution >= 4 is 11.3 Å².